The topological polar surface area (TPSA) is 200 Å². The molecule has 0 radical (unpaired) electrons. The normalized spacial score (nSPS) is 42.2. The predicted octanol–water partition coefficient (Wildman–Crippen LogP) is 0.221. The quantitative estimate of drug-likeness (QED) is 0.236. The summed E-state index contributed by atoms with van der Waals surface area (Å²) in [6.07, 6.45) is -8.76. The van der Waals surface area contributed by atoms with Gasteiger partial charge in [-0.05, 0) is 43.7 Å². The number of esters is 2. The van der Waals surface area contributed by atoms with Gasteiger partial charge in [0.2, 0.25) is 0 Å². The lowest BCUT2D eigenvalue weighted by atomic mass is 9.41. The molecule has 14 nitrogen and oxygen atoms in total. The molecule has 3 aliphatic carbocycles. The second-order valence-electron chi connectivity index (χ2n) is 12.5. The zero-order valence-corrected chi connectivity index (χ0v) is 24.4. The van der Waals surface area contributed by atoms with Gasteiger partial charge in [0.05, 0.1) is 23.7 Å². The molecule has 3 saturated carbocycles. The fourth-order valence-electron chi connectivity index (χ4n) is 7.91. The number of phenols is 1. The Morgan fingerprint density at radius 2 is 1.69 bits per heavy atom. The van der Waals surface area contributed by atoms with Gasteiger partial charge in [-0.2, -0.15) is 0 Å². The van der Waals surface area contributed by atoms with Crippen LogP contribution in [0.3, 0.4) is 0 Å². The zero-order chi connectivity index (χ0) is 31.9. The summed E-state index contributed by atoms with van der Waals surface area (Å²) in [5, 5.41) is 53.6. The van der Waals surface area contributed by atoms with E-state index in [9.17, 15) is 35.1 Å². The molecule has 11 atom stereocenters. The number of phenolic OH excluding ortho intramolecular Hbond substituents is 1. The third kappa shape index (κ3) is 4.17. The van der Waals surface area contributed by atoms with Crippen molar-refractivity contribution in [1.29, 1.82) is 0 Å². The van der Waals surface area contributed by atoms with Gasteiger partial charge in [0.1, 0.15) is 48.8 Å². The van der Waals surface area contributed by atoms with Gasteiger partial charge >= 0.3 is 11.9 Å². The minimum Gasteiger partial charge on any atom is -0.504 e. The number of methoxy groups -OCH3 is 1. The highest BCUT2D eigenvalue weighted by molar-refractivity contribution is 5.90. The number of carbonyl (C=O) groups excluding carboxylic acids is 2. The molecule has 5 N–H and O–H groups in total. The van der Waals surface area contributed by atoms with E-state index in [2.05, 4.69) is 0 Å². The van der Waals surface area contributed by atoms with Gasteiger partial charge in [0.15, 0.2) is 29.9 Å². The third-order valence-electron chi connectivity index (χ3n) is 10.2. The number of benzene rings is 2. The van der Waals surface area contributed by atoms with E-state index in [0.717, 1.165) is 0 Å². The van der Waals surface area contributed by atoms with E-state index < -0.39 is 83.9 Å². The van der Waals surface area contributed by atoms with Crippen LogP contribution in [0.25, 0.3) is 0 Å². The molecule has 4 saturated heterocycles. The molecule has 9 rings (SSSR count). The molecule has 0 amide bonds. The van der Waals surface area contributed by atoms with Crippen LogP contribution >= 0.6 is 0 Å². The van der Waals surface area contributed by atoms with E-state index in [4.69, 9.17) is 33.2 Å². The monoisotopic (exact) mass is 630 g/mol. The first-order valence-electron chi connectivity index (χ1n) is 14.6. The van der Waals surface area contributed by atoms with Crippen molar-refractivity contribution in [1.82, 2.24) is 0 Å². The second kappa shape index (κ2) is 10.3. The average molecular weight is 631 g/mol. The first kappa shape index (κ1) is 30.3. The lowest BCUT2D eigenvalue weighted by molar-refractivity contribution is -0.424. The Labute approximate surface area is 256 Å². The summed E-state index contributed by atoms with van der Waals surface area (Å²) in [5.74, 6) is -3.62. The number of rotatable bonds is 9. The second-order valence-corrected chi connectivity index (χ2v) is 12.5. The van der Waals surface area contributed by atoms with Crippen LogP contribution in [0, 0.1) is 11.3 Å². The molecule has 2 aromatic carbocycles. The van der Waals surface area contributed by atoms with Gasteiger partial charge < -0.3 is 58.7 Å². The van der Waals surface area contributed by atoms with Gasteiger partial charge in [0, 0.05) is 12.3 Å². The molecule has 14 heteroatoms. The largest absolute Gasteiger partial charge is 0.504 e. The number of carbonyl (C=O) groups is 2. The maximum Gasteiger partial charge on any atom is 0.338 e. The number of ether oxygens (including phenoxy) is 7. The zero-order valence-electron chi connectivity index (χ0n) is 24.4. The summed E-state index contributed by atoms with van der Waals surface area (Å²) in [4.78, 5) is 25.6. The van der Waals surface area contributed by atoms with Gasteiger partial charge in [-0.15, -0.1) is 0 Å². The van der Waals surface area contributed by atoms with Crippen LogP contribution in [0.4, 0.5) is 0 Å². The number of aliphatic hydroxyl groups excluding tert-OH is 3. The van der Waals surface area contributed by atoms with E-state index >= 15 is 0 Å². The average Bonchev–Trinajstić information content (AvgIpc) is 3.22. The minimum atomic E-state index is -1.75. The molecule has 4 heterocycles. The van der Waals surface area contributed by atoms with E-state index in [0.29, 0.717) is 5.56 Å². The molecule has 7 fully saturated rings. The molecule has 6 bridgehead atoms. The van der Waals surface area contributed by atoms with E-state index in [1.165, 1.54) is 25.3 Å². The molecule has 2 aromatic rings. The highest BCUT2D eigenvalue weighted by Crippen LogP contribution is 2.81. The van der Waals surface area contributed by atoms with E-state index in [1.807, 2.05) is 0 Å². The molecule has 0 spiro atoms. The lowest BCUT2D eigenvalue weighted by Gasteiger charge is -2.67. The first-order chi connectivity index (χ1) is 21.4. The summed E-state index contributed by atoms with van der Waals surface area (Å²) >= 11 is 0. The van der Waals surface area contributed by atoms with Gasteiger partial charge in [-0.3, -0.25) is 0 Å². The Kier molecular flexibility index (Phi) is 6.96. The molecule has 0 aromatic heterocycles. The SMILES string of the molecule is COc1cc(C(=O)OC[C@H]2O[C@@H](O[C@]34C[C@@H]5[C@@]3(COC(=O)c3ccccc3)[C@H]3O[C@]5(O)C[C@]4(C)O3)[C@H](O)[C@@H](O)[C@@H]2O)ccc1O. The fourth-order valence-corrected chi connectivity index (χ4v) is 7.91. The number of aromatic hydroxyl groups is 1. The molecule has 45 heavy (non-hydrogen) atoms. The van der Waals surface area contributed by atoms with Gasteiger partial charge in [-0.1, -0.05) is 18.2 Å². The summed E-state index contributed by atoms with van der Waals surface area (Å²) < 4.78 is 40.7. The Morgan fingerprint density at radius 1 is 0.956 bits per heavy atom. The Morgan fingerprint density at radius 3 is 2.42 bits per heavy atom. The van der Waals surface area contributed by atoms with Gasteiger partial charge in [-0.25, -0.2) is 9.59 Å². The van der Waals surface area contributed by atoms with Crippen LogP contribution in [0.5, 0.6) is 11.5 Å². The fraction of sp³-hybridized carbons (Fsp3) is 0.548. The van der Waals surface area contributed by atoms with Crippen molar-refractivity contribution in [3.63, 3.8) is 0 Å². The van der Waals surface area contributed by atoms with Crippen molar-refractivity contribution in [2.24, 2.45) is 11.3 Å². The van der Waals surface area contributed by atoms with Crippen molar-refractivity contribution in [2.45, 2.75) is 73.8 Å². The van der Waals surface area contributed by atoms with E-state index in [1.54, 1.807) is 37.3 Å². The highest BCUT2D eigenvalue weighted by atomic mass is 16.8. The van der Waals surface area contributed by atoms with Crippen molar-refractivity contribution < 1.29 is 68.3 Å². The summed E-state index contributed by atoms with van der Waals surface area (Å²) in [7, 11) is 1.32. The molecule has 7 aliphatic rings. The Balaban J connectivity index is 1.11. The number of hydrogen-bond donors (Lipinski definition) is 5. The molecular weight excluding hydrogens is 596 g/mol. The number of hydrogen-bond acceptors (Lipinski definition) is 14. The minimum absolute atomic E-state index is 0.0284. The Hall–Kier alpha value is -3.34. The maximum atomic E-state index is 12.9. The first-order valence-corrected chi connectivity index (χ1v) is 14.6. The number of aliphatic hydroxyl groups is 4. The van der Waals surface area contributed by atoms with Crippen LogP contribution in [-0.2, 0) is 28.4 Å². The summed E-state index contributed by atoms with van der Waals surface area (Å²) in [6.45, 7) is 0.968. The van der Waals surface area contributed by atoms with Crippen LogP contribution in [0.15, 0.2) is 48.5 Å². The third-order valence-corrected chi connectivity index (χ3v) is 10.2. The Bertz CT molecular complexity index is 1500. The summed E-state index contributed by atoms with van der Waals surface area (Å²) in [6, 6.07) is 12.2. The standard InChI is InChI=1S/C31H34O14/c1-28-13-30(38)20-11-31(28,29(20,27(44-28)45-30)14-41-24(36)15-6-4-3-5-7-15)43-26-23(35)22(34)21(33)19(42-26)12-40-25(37)16-8-9-17(32)18(10-16)39-2/h3-10,19-23,26-27,32-35,38H,11-14H2,1-2H3/t19-,20-,21-,22+,23-,26+,27-,28+,29+,30-,31+/m1/s1. The molecule has 0 unspecified atom stereocenters. The van der Waals surface area contributed by atoms with Crippen LogP contribution in [0.2, 0.25) is 0 Å². The molecule has 242 valence electrons. The van der Waals surface area contributed by atoms with Crippen LogP contribution in [0.1, 0.15) is 40.5 Å². The van der Waals surface area contributed by atoms with Crippen molar-refractivity contribution >= 4 is 11.9 Å². The predicted molar refractivity (Wildman–Crippen MR) is 147 cm³/mol. The van der Waals surface area contributed by atoms with Crippen LogP contribution < -0.4 is 4.74 Å². The lowest BCUT2D eigenvalue weighted by Crippen LogP contribution is -2.80. The van der Waals surface area contributed by atoms with E-state index in [-0.39, 0.29) is 36.5 Å². The smallest absolute Gasteiger partial charge is 0.338 e. The van der Waals surface area contributed by atoms with Gasteiger partial charge in [0.25, 0.3) is 0 Å². The molecular formula is C31H34O14. The summed E-state index contributed by atoms with van der Waals surface area (Å²) in [5.41, 5.74) is -3.26. The van der Waals surface area contributed by atoms with Crippen molar-refractivity contribution in [2.75, 3.05) is 20.3 Å². The highest BCUT2D eigenvalue weighted by Gasteiger charge is 2.94. The van der Waals surface area contributed by atoms with Crippen molar-refractivity contribution in [3.8, 4) is 11.5 Å². The van der Waals surface area contributed by atoms with Crippen LogP contribution in [-0.4, -0.2) is 112 Å². The maximum absolute atomic E-state index is 12.9. The van der Waals surface area contributed by atoms with Crippen molar-refractivity contribution in [3.05, 3.63) is 59.7 Å². The molecule has 4 aliphatic heterocycles.